The van der Waals surface area contributed by atoms with Gasteiger partial charge in [-0.1, -0.05) is 0 Å². The summed E-state index contributed by atoms with van der Waals surface area (Å²) in [6, 6.07) is 7.45. The summed E-state index contributed by atoms with van der Waals surface area (Å²) in [5, 5.41) is 16.4. The van der Waals surface area contributed by atoms with Crippen molar-refractivity contribution in [3.05, 3.63) is 30.2 Å². The van der Waals surface area contributed by atoms with E-state index in [-0.39, 0.29) is 12.5 Å². The van der Waals surface area contributed by atoms with Crippen LogP contribution in [0.4, 0.5) is 0 Å². The van der Waals surface area contributed by atoms with Crippen LogP contribution in [0.1, 0.15) is 12.3 Å². The van der Waals surface area contributed by atoms with Gasteiger partial charge in [0.05, 0.1) is 6.61 Å². The maximum atomic E-state index is 8.88. The van der Waals surface area contributed by atoms with Crippen LogP contribution in [0.2, 0.25) is 0 Å². The van der Waals surface area contributed by atoms with Crippen LogP contribution in [0, 0.1) is 0 Å². The van der Waals surface area contributed by atoms with Gasteiger partial charge in [-0.05, 0) is 44.8 Å². The lowest BCUT2D eigenvalue weighted by Gasteiger charge is -2.10. The smallest absolute Gasteiger partial charge is 0.247 e. The minimum absolute atomic E-state index is 0.212. The summed E-state index contributed by atoms with van der Waals surface area (Å²) in [4.78, 5) is 2.13. The molecule has 1 N–H and O–H groups in total. The Morgan fingerprint density at radius 1 is 1.20 bits per heavy atom. The SMILES string of the molecule is CN(C)CCCOc1ccc(-c2nnc(CO)o2)cc1. The molecule has 0 saturated carbocycles. The van der Waals surface area contributed by atoms with Crippen molar-refractivity contribution in [2.24, 2.45) is 0 Å². The van der Waals surface area contributed by atoms with Crippen molar-refractivity contribution in [2.45, 2.75) is 13.0 Å². The largest absolute Gasteiger partial charge is 0.494 e. The lowest BCUT2D eigenvalue weighted by Crippen LogP contribution is -2.15. The Balaban J connectivity index is 1.89. The van der Waals surface area contributed by atoms with Gasteiger partial charge >= 0.3 is 0 Å². The van der Waals surface area contributed by atoms with Gasteiger partial charge in [-0.2, -0.15) is 0 Å². The molecule has 2 aromatic rings. The van der Waals surface area contributed by atoms with Crippen molar-refractivity contribution in [3.8, 4) is 17.2 Å². The van der Waals surface area contributed by atoms with Gasteiger partial charge in [-0.3, -0.25) is 0 Å². The second-order valence-corrected chi connectivity index (χ2v) is 4.69. The lowest BCUT2D eigenvalue weighted by molar-refractivity contribution is 0.241. The monoisotopic (exact) mass is 277 g/mol. The van der Waals surface area contributed by atoms with Crippen LogP contribution in [-0.4, -0.2) is 47.5 Å². The molecule has 0 unspecified atom stereocenters. The van der Waals surface area contributed by atoms with Crippen LogP contribution in [0.15, 0.2) is 28.7 Å². The number of hydrogen-bond acceptors (Lipinski definition) is 6. The number of nitrogens with zero attached hydrogens (tertiary/aromatic N) is 3. The van der Waals surface area contributed by atoms with E-state index in [1.54, 1.807) is 0 Å². The molecule has 0 radical (unpaired) electrons. The maximum absolute atomic E-state index is 8.88. The molecule has 1 heterocycles. The standard InChI is InChI=1S/C14H19N3O3/c1-17(2)8-3-9-19-12-6-4-11(5-7-12)14-16-15-13(10-18)20-14/h4-7,18H,3,8-10H2,1-2H3. The maximum Gasteiger partial charge on any atom is 0.247 e. The zero-order valence-electron chi connectivity index (χ0n) is 11.7. The Morgan fingerprint density at radius 2 is 1.95 bits per heavy atom. The van der Waals surface area contributed by atoms with Gasteiger partial charge in [0.1, 0.15) is 12.4 Å². The first-order valence-corrected chi connectivity index (χ1v) is 6.50. The highest BCUT2D eigenvalue weighted by Crippen LogP contribution is 2.21. The second-order valence-electron chi connectivity index (χ2n) is 4.69. The first-order valence-electron chi connectivity index (χ1n) is 6.50. The average molecular weight is 277 g/mol. The molecule has 0 saturated heterocycles. The van der Waals surface area contributed by atoms with Crippen LogP contribution in [0.25, 0.3) is 11.5 Å². The van der Waals surface area contributed by atoms with E-state index < -0.39 is 0 Å². The number of aromatic nitrogens is 2. The van der Waals surface area contributed by atoms with Gasteiger partial charge in [0.2, 0.25) is 11.8 Å². The Labute approximate surface area is 118 Å². The van der Waals surface area contributed by atoms with Gasteiger partial charge < -0.3 is 19.2 Å². The minimum Gasteiger partial charge on any atom is -0.494 e. The van der Waals surface area contributed by atoms with Crippen molar-refractivity contribution in [3.63, 3.8) is 0 Å². The number of aliphatic hydroxyl groups excluding tert-OH is 1. The summed E-state index contributed by atoms with van der Waals surface area (Å²) in [7, 11) is 4.08. The third-order valence-corrected chi connectivity index (χ3v) is 2.72. The molecule has 0 aliphatic carbocycles. The van der Waals surface area contributed by atoms with Crippen molar-refractivity contribution < 1.29 is 14.3 Å². The van der Waals surface area contributed by atoms with Crippen LogP contribution < -0.4 is 4.74 Å². The van der Waals surface area contributed by atoms with Gasteiger partial charge in [-0.25, -0.2) is 0 Å². The molecule has 0 fully saturated rings. The third-order valence-electron chi connectivity index (χ3n) is 2.72. The van der Waals surface area contributed by atoms with E-state index in [0.717, 1.165) is 24.3 Å². The Kier molecular flexibility index (Phi) is 5.09. The highest BCUT2D eigenvalue weighted by molar-refractivity contribution is 5.53. The lowest BCUT2D eigenvalue weighted by atomic mass is 10.2. The molecule has 0 bridgehead atoms. The predicted molar refractivity (Wildman–Crippen MR) is 74.3 cm³/mol. The molecule has 20 heavy (non-hydrogen) atoms. The van der Waals surface area contributed by atoms with E-state index in [2.05, 4.69) is 15.1 Å². The fourth-order valence-electron chi connectivity index (χ4n) is 1.70. The molecule has 0 atom stereocenters. The first-order chi connectivity index (χ1) is 9.69. The topological polar surface area (TPSA) is 71.6 Å². The average Bonchev–Trinajstić information content (AvgIpc) is 2.93. The molecule has 2 rings (SSSR count). The highest BCUT2D eigenvalue weighted by Gasteiger charge is 2.07. The van der Waals surface area contributed by atoms with E-state index in [9.17, 15) is 0 Å². The summed E-state index contributed by atoms with van der Waals surface area (Å²) in [5.74, 6) is 1.42. The van der Waals surface area contributed by atoms with Gasteiger partial charge in [-0.15, -0.1) is 10.2 Å². The van der Waals surface area contributed by atoms with Crippen LogP contribution in [0.5, 0.6) is 5.75 Å². The fourth-order valence-corrected chi connectivity index (χ4v) is 1.70. The summed E-state index contributed by atoms with van der Waals surface area (Å²) in [6.45, 7) is 1.44. The molecule has 0 aliphatic heterocycles. The van der Waals surface area contributed by atoms with Gasteiger partial charge in [0.25, 0.3) is 0 Å². The molecule has 0 amide bonds. The summed E-state index contributed by atoms with van der Waals surface area (Å²) >= 11 is 0. The van der Waals surface area contributed by atoms with Crippen molar-refractivity contribution in [1.82, 2.24) is 15.1 Å². The quantitative estimate of drug-likeness (QED) is 0.774. The first kappa shape index (κ1) is 14.5. The third kappa shape index (κ3) is 4.04. The summed E-state index contributed by atoms with van der Waals surface area (Å²) < 4.78 is 10.9. The summed E-state index contributed by atoms with van der Waals surface area (Å²) in [5.41, 5.74) is 0.804. The van der Waals surface area contributed by atoms with Gasteiger partial charge in [0, 0.05) is 12.1 Å². The highest BCUT2D eigenvalue weighted by atomic mass is 16.5. The van der Waals surface area contributed by atoms with E-state index in [1.807, 2.05) is 38.4 Å². The number of hydrogen-bond donors (Lipinski definition) is 1. The summed E-state index contributed by atoms with van der Waals surface area (Å²) in [6.07, 6.45) is 0.984. The van der Waals surface area contributed by atoms with Gasteiger partial charge in [0.15, 0.2) is 0 Å². The molecule has 6 heteroatoms. The van der Waals surface area contributed by atoms with Crippen molar-refractivity contribution in [2.75, 3.05) is 27.2 Å². The predicted octanol–water partition coefficient (Wildman–Crippen LogP) is 1.56. The Bertz CT molecular complexity index is 523. The molecule has 0 aliphatic rings. The van der Waals surface area contributed by atoms with E-state index >= 15 is 0 Å². The zero-order chi connectivity index (χ0) is 14.4. The number of ether oxygens (including phenoxy) is 1. The van der Waals surface area contributed by atoms with E-state index in [0.29, 0.717) is 12.5 Å². The molecular formula is C14H19N3O3. The minimum atomic E-state index is -0.250. The van der Waals surface area contributed by atoms with Crippen molar-refractivity contribution in [1.29, 1.82) is 0 Å². The molecule has 1 aromatic carbocycles. The molecule has 0 spiro atoms. The van der Waals surface area contributed by atoms with Crippen LogP contribution in [0.3, 0.4) is 0 Å². The number of rotatable bonds is 7. The number of aliphatic hydroxyl groups is 1. The molecule has 1 aromatic heterocycles. The normalized spacial score (nSPS) is 11.0. The second kappa shape index (κ2) is 7.02. The number of benzene rings is 1. The van der Waals surface area contributed by atoms with Crippen molar-refractivity contribution >= 4 is 0 Å². The molecular weight excluding hydrogens is 258 g/mol. The molecule has 6 nitrogen and oxygen atoms in total. The van der Waals surface area contributed by atoms with Crippen LogP contribution >= 0.6 is 0 Å². The fraction of sp³-hybridized carbons (Fsp3) is 0.429. The molecule has 108 valence electrons. The Hall–Kier alpha value is -1.92. The zero-order valence-corrected chi connectivity index (χ0v) is 11.7. The Morgan fingerprint density at radius 3 is 2.55 bits per heavy atom. The van der Waals surface area contributed by atoms with Crippen LogP contribution in [-0.2, 0) is 6.61 Å². The van der Waals surface area contributed by atoms with E-state index in [4.69, 9.17) is 14.3 Å². The van der Waals surface area contributed by atoms with E-state index in [1.165, 1.54) is 0 Å².